The molecule has 3 nitrogen and oxygen atoms in total. The molecule has 1 aromatic heterocycles. The van der Waals surface area contributed by atoms with Gasteiger partial charge in [0.25, 0.3) is 0 Å². The van der Waals surface area contributed by atoms with E-state index in [9.17, 15) is 0 Å². The van der Waals surface area contributed by atoms with Crippen molar-refractivity contribution in [2.45, 2.75) is 33.2 Å². The summed E-state index contributed by atoms with van der Waals surface area (Å²) in [4.78, 5) is 2.27. The summed E-state index contributed by atoms with van der Waals surface area (Å²) >= 11 is 0. The molecule has 1 heterocycles. The van der Waals surface area contributed by atoms with E-state index in [2.05, 4.69) is 32.7 Å². The Labute approximate surface area is 98.6 Å². The average Bonchev–Trinajstić information content (AvgIpc) is 2.66. The highest BCUT2D eigenvalue weighted by Crippen LogP contribution is 2.21. The van der Waals surface area contributed by atoms with Crippen LogP contribution in [0, 0.1) is 5.92 Å². The first kappa shape index (κ1) is 13.3. The Hall–Kier alpha value is -0.800. The van der Waals surface area contributed by atoms with Gasteiger partial charge < -0.3 is 10.2 Å². The van der Waals surface area contributed by atoms with Crippen LogP contribution in [0.4, 0.5) is 0 Å². The van der Waals surface area contributed by atoms with Crippen molar-refractivity contribution in [3.63, 3.8) is 0 Å². The van der Waals surface area contributed by atoms with Gasteiger partial charge in [-0.1, -0.05) is 20.8 Å². The number of hydrogen-bond donors (Lipinski definition) is 1. The van der Waals surface area contributed by atoms with Gasteiger partial charge in [0.1, 0.15) is 11.5 Å². The fraction of sp³-hybridized carbons (Fsp3) is 0.692. The average molecular weight is 224 g/mol. The van der Waals surface area contributed by atoms with Gasteiger partial charge in [0.05, 0.1) is 6.04 Å². The molecular formula is C13H24N2O. The molecule has 0 fully saturated rings. The zero-order valence-corrected chi connectivity index (χ0v) is 10.9. The molecule has 0 bridgehead atoms. The van der Waals surface area contributed by atoms with E-state index in [-0.39, 0.29) is 6.04 Å². The summed E-state index contributed by atoms with van der Waals surface area (Å²) in [6, 6.07) is 4.29. The number of nitrogens with zero attached hydrogens (tertiary/aromatic N) is 1. The first-order valence-electron chi connectivity index (χ1n) is 6.07. The number of hydrogen-bond acceptors (Lipinski definition) is 3. The molecule has 0 radical (unpaired) electrons. The van der Waals surface area contributed by atoms with Crippen molar-refractivity contribution in [1.29, 1.82) is 0 Å². The summed E-state index contributed by atoms with van der Waals surface area (Å²) in [6.07, 6.45) is 0.936. The Morgan fingerprint density at radius 3 is 2.50 bits per heavy atom. The summed E-state index contributed by atoms with van der Waals surface area (Å²) in [7, 11) is 2.10. The minimum atomic E-state index is 0.197. The highest BCUT2D eigenvalue weighted by molar-refractivity contribution is 5.11. The summed E-state index contributed by atoms with van der Waals surface area (Å²) in [5, 5.41) is 0. The lowest BCUT2D eigenvalue weighted by Gasteiger charge is -2.26. The number of nitrogens with two attached hydrogens (primary N) is 1. The lowest BCUT2D eigenvalue weighted by molar-refractivity contribution is 0.197. The Balaban J connectivity index is 2.72. The second kappa shape index (κ2) is 6.06. The zero-order valence-electron chi connectivity index (χ0n) is 10.9. The van der Waals surface area contributed by atoms with E-state index in [1.807, 2.05) is 12.1 Å². The number of likely N-dealkylation sites (N-methyl/N-ethyl adjacent to an activating group) is 1. The molecule has 0 aromatic carbocycles. The summed E-state index contributed by atoms with van der Waals surface area (Å²) in [6.45, 7) is 8.15. The molecule has 2 N–H and O–H groups in total. The molecule has 0 spiro atoms. The minimum Gasteiger partial charge on any atom is -0.464 e. The van der Waals surface area contributed by atoms with E-state index in [0.29, 0.717) is 12.5 Å². The van der Waals surface area contributed by atoms with E-state index in [0.717, 1.165) is 24.5 Å². The third-order valence-electron chi connectivity index (χ3n) is 2.77. The van der Waals surface area contributed by atoms with Gasteiger partial charge in [-0.15, -0.1) is 0 Å². The molecule has 0 aliphatic rings. The Morgan fingerprint density at radius 1 is 1.38 bits per heavy atom. The topological polar surface area (TPSA) is 42.4 Å². The summed E-state index contributed by atoms with van der Waals surface area (Å²) in [5.74, 6) is 2.66. The smallest absolute Gasteiger partial charge is 0.122 e. The predicted octanol–water partition coefficient (Wildman–Crippen LogP) is 2.43. The Bertz CT molecular complexity index is 307. The summed E-state index contributed by atoms with van der Waals surface area (Å²) < 4.78 is 5.77. The first-order chi connectivity index (χ1) is 7.58. The van der Waals surface area contributed by atoms with Crippen LogP contribution in [-0.2, 0) is 6.42 Å². The third-order valence-corrected chi connectivity index (χ3v) is 2.77. The minimum absolute atomic E-state index is 0.197. The quantitative estimate of drug-likeness (QED) is 0.807. The van der Waals surface area contributed by atoms with E-state index in [1.165, 1.54) is 0 Å². The molecule has 1 aromatic rings. The normalized spacial score (nSPS) is 13.7. The van der Waals surface area contributed by atoms with E-state index in [4.69, 9.17) is 10.2 Å². The number of furan rings is 1. The van der Waals surface area contributed by atoms with Crippen molar-refractivity contribution in [3.8, 4) is 0 Å². The monoisotopic (exact) mass is 224 g/mol. The van der Waals surface area contributed by atoms with Gasteiger partial charge in [0, 0.05) is 19.5 Å². The van der Waals surface area contributed by atoms with Crippen molar-refractivity contribution in [3.05, 3.63) is 23.7 Å². The fourth-order valence-electron chi connectivity index (χ4n) is 1.98. The Kier molecular flexibility index (Phi) is 5.03. The lowest BCUT2D eigenvalue weighted by atomic mass is 10.1. The van der Waals surface area contributed by atoms with Gasteiger partial charge in [0.15, 0.2) is 0 Å². The van der Waals surface area contributed by atoms with Crippen LogP contribution in [0.5, 0.6) is 0 Å². The van der Waals surface area contributed by atoms with Crippen molar-refractivity contribution in [1.82, 2.24) is 4.90 Å². The number of aryl methyl sites for hydroxylation is 1. The highest BCUT2D eigenvalue weighted by Gasteiger charge is 2.19. The summed E-state index contributed by atoms with van der Waals surface area (Å²) in [5.41, 5.74) is 5.83. The van der Waals surface area contributed by atoms with Crippen LogP contribution in [0.25, 0.3) is 0 Å². The molecule has 3 heteroatoms. The molecule has 1 unspecified atom stereocenters. The molecule has 1 atom stereocenters. The second-order valence-corrected chi connectivity index (χ2v) is 4.74. The van der Waals surface area contributed by atoms with Crippen molar-refractivity contribution >= 4 is 0 Å². The van der Waals surface area contributed by atoms with Crippen LogP contribution in [0.15, 0.2) is 16.5 Å². The van der Waals surface area contributed by atoms with E-state index >= 15 is 0 Å². The van der Waals surface area contributed by atoms with Crippen LogP contribution in [0.1, 0.15) is 38.3 Å². The molecule has 0 aliphatic heterocycles. The predicted molar refractivity (Wildman–Crippen MR) is 67.3 cm³/mol. The molecule has 0 aliphatic carbocycles. The maximum absolute atomic E-state index is 5.83. The van der Waals surface area contributed by atoms with Crippen molar-refractivity contribution < 1.29 is 4.42 Å². The van der Waals surface area contributed by atoms with Gasteiger partial charge in [-0.05, 0) is 25.1 Å². The molecular weight excluding hydrogens is 200 g/mol. The Morgan fingerprint density at radius 2 is 2.06 bits per heavy atom. The van der Waals surface area contributed by atoms with Gasteiger partial charge >= 0.3 is 0 Å². The van der Waals surface area contributed by atoms with Gasteiger partial charge in [-0.3, -0.25) is 4.90 Å². The maximum Gasteiger partial charge on any atom is 0.122 e. The lowest BCUT2D eigenvalue weighted by Crippen LogP contribution is -2.32. The largest absolute Gasteiger partial charge is 0.464 e. The van der Waals surface area contributed by atoms with E-state index in [1.54, 1.807) is 0 Å². The van der Waals surface area contributed by atoms with Gasteiger partial charge in [-0.25, -0.2) is 0 Å². The molecule has 0 amide bonds. The molecule has 0 saturated heterocycles. The SMILES string of the molecule is CCc1ccc(C(CN)N(C)CC(C)C)o1. The van der Waals surface area contributed by atoms with Crippen LogP contribution in [0.3, 0.4) is 0 Å². The highest BCUT2D eigenvalue weighted by atomic mass is 16.3. The standard InChI is InChI=1S/C13H24N2O/c1-5-11-6-7-13(16-11)12(8-14)15(4)9-10(2)3/h6-7,10,12H,5,8-9,14H2,1-4H3. The molecule has 16 heavy (non-hydrogen) atoms. The van der Waals surface area contributed by atoms with Crippen LogP contribution in [0.2, 0.25) is 0 Å². The van der Waals surface area contributed by atoms with E-state index < -0.39 is 0 Å². The van der Waals surface area contributed by atoms with Crippen molar-refractivity contribution in [2.24, 2.45) is 11.7 Å². The second-order valence-electron chi connectivity index (χ2n) is 4.74. The third kappa shape index (κ3) is 3.35. The van der Waals surface area contributed by atoms with Crippen LogP contribution >= 0.6 is 0 Å². The van der Waals surface area contributed by atoms with Gasteiger partial charge in [0.2, 0.25) is 0 Å². The number of rotatable bonds is 6. The molecule has 1 rings (SSSR count). The molecule has 92 valence electrons. The van der Waals surface area contributed by atoms with Crippen LogP contribution < -0.4 is 5.73 Å². The zero-order chi connectivity index (χ0) is 12.1. The van der Waals surface area contributed by atoms with Crippen LogP contribution in [-0.4, -0.2) is 25.0 Å². The first-order valence-corrected chi connectivity index (χ1v) is 6.07. The fourth-order valence-corrected chi connectivity index (χ4v) is 1.98. The maximum atomic E-state index is 5.83. The van der Waals surface area contributed by atoms with Crippen molar-refractivity contribution in [2.75, 3.05) is 20.1 Å². The van der Waals surface area contributed by atoms with Gasteiger partial charge in [-0.2, -0.15) is 0 Å². The molecule has 0 saturated carbocycles.